The minimum atomic E-state index is -0.365. The van der Waals surface area contributed by atoms with Crippen molar-refractivity contribution in [2.75, 3.05) is 13.7 Å². The van der Waals surface area contributed by atoms with Gasteiger partial charge < -0.3 is 14.4 Å². The fourth-order valence-corrected chi connectivity index (χ4v) is 2.44. The van der Waals surface area contributed by atoms with E-state index in [1.165, 1.54) is 0 Å². The second-order valence-electron chi connectivity index (χ2n) is 4.65. The number of amides is 2. The molecule has 0 aromatic carbocycles. The van der Waals surface area contributed by atoms with Gasteiger partial charge in [0.2, 0.25) is 5.91 Å². The van der Waals surface area contributed by atoms with Crippen molar-refractivity contribution in [3.8, 4) is 0 Å². The Morgan fingerprint density at radius 2 is 2.30 bits per heavy atom. The molecular formula is C13H12N2O4S. The maximum atomic E-state index is 11.6. The van der Waals surface area contributed by atoms with E-state index in [1.54, 1.807) is 18.0 Å². The van der Waals surface area contributed by atoms with Gasteiger partial charge in [0.05, 0.1) is 6.04 Å². The van der Waals surface area contributed by atoms with E-state index in [4.69, 9.17) is 21.7 Å². The van der Waals surface area contributed by atoms with Crippen LogP contribution in [0.15, 0.2) is 35.6 Å². The maximum Gasteiger partial charge on any atom is 0.294 e. The molecule has 104 valence electrons. The highest BCUT2D eigenvalue weighted by molar-refractivity contribution is 7.80. The van der Waals surface area contributed by atoms with Gasteiger partial charge in [0.1, 0.15) is 12.7 Å². The lowest BCUT2D eigenvalue weighted by molar-refractivity contribution is -0.148. The lowest BCUT2D eigenvalue weighted by Crippen LogP contribution is -2.51. The van der Waals surface area contributed by atoms with Crippen LogP contribution in [0, 0.1) is 0 Å². The molecule has 0 bridgehead atoms. The van der Waals surface area contributed by atoms with E-state index in [0.29, 0.717) is 0 Å². The number of nitrogens with zero attached hydrogens (tertiary/aromatic N) is 1. The molecule has 2 aliphatic heterocycles. The van der Waals surface area contributed by atoms with Crippen molar-refractivity contribution < 1.29 is 19.1 Å². The highest BCUT2D eigenvalue weighted by Crippen LogP contribution is 2.24. The Morgan fingerprint density at radius 3 is 3.00 bits per heavy atom. The summed E-state index contributed by atoms with van der Waals surface area (Å²) in [6.07, 6.45) is 7.00. The van der Waals surface area contributed by atoms with Crippen LogP contribution in [0.1, 0.15) is 0 Å². The summed E-state index contributed by atoms with van der Waals surface area (Å²) in [5, 5.41) is 2.44. The molecule has 0 radical (unpaired) electrons. The lowest BCUT2D eigenvalue weighted by Gasteiger charge is -2.37. The first kappa shape index (κ1) is 13.0. The summed E-state index contributed by atoms with van der Waals surface area (Å²) < 4.78 is 10.6. The molecule has 2 atom stereocenters. The second kappa shape index (κ2) is 4.84. The molecule has 3 aliphatic rings. The average molecular weight is 292 g/mol. The number of carbonyl (C=O) groups is 2. The van der Waals surface area contributed by atoms with Gasteiger partial charge in [0.15, 0.2) is 5.76 Å². The van der Waals surface area contributed by atoms with E-state index in [1.807, 2.05) is 18.2 Å². The van der Waals surface area contributed by atoms with Gasteiger partial charge in [-0.15, -0.1) is 0 Å². The molecule has 0 saturated carbocycles. The molecule has 2 saturated heterocycles. The molecule has 0 spiro atoms. The summed E-state index contributed by atoms with van der Waals surface area (Å²) in [6.45, 7) is 0.0893. The zero-order valence-electron chi connectivity index (χ0n) is 10.7. The summed E-state index contributed by atoms with van der Waals surface area (Å²) in [7, 11) is 1.73. The van der Waals surface area contributed by atoms with Crippen LogP contribution in [0.25, 0.3) is 0 Å². The normalized spacial score (nSPS) is 31.1. The predicted octanol–water partition coefficient (Wildman–Crippen LogP) is 0.0236. The number of nitrogens with one attached hydrogen (secondary N) is 1. The van der Waals surface area contributed by atoms with E-state index >= 15 is 0 Å². The molecule has 0 aromatic rings. The minimum Gasteiger partial charge on any atom is -0.426 e. The third-order valence-corrected chi connectivity index (χ3v) is 3.54. The van der Waals surface area contributed by atoms with Gasteiger partial charge in [-0.1, -0.05) is 18.2 Å². The molecule has 2 unspecified atom stereocenters. The monoisotopic (exact) mass is 292 g/mol. The molecule has 0 aromatic heterocycles. The highest BCUT2D eigenvalue weighted by Gasteiger charge is 2.33. The molecule has 1 aliphatic carbocycles. The Kier molecular flexibility index (Phi) is 3.15. The number of carbonyl (C=O) groups excluding carboxylic acids is 2. The van der Waals surface area contributed by atoms with Crippen molar-refractivity contribution >= 4 is 29.2 Å². The molecule has 1 N–H and O–H groups in total. The fraction of sp³-hybridized carbons (Fsp3) is 0.308. The van der Waals surface area contributed by atoms with Crippen molar-refractivity contribution in [2.45, 2.75) is 12.1 Å². The van der Waals surface area contributed by atoms with Gasteiger partial charge in [0.25, 0.3) is 11.1 Å². The molecule has 20 heavy (non-hydrogen) atoms. The van der Waals surface area contributed by atoms with Crippen molar-refractivity contribution in [1.29, 1.82) is 0 Å². The number of rotatable bonds is 1. The van der Waals surface area contributed by atoms with Gasteiger partial charge >= 0.3 is 0 Å². The van der Waals surface area contributed by atoms with E-state index < -0.39 is 0 Å². The Morgan fingerprint density at radius 1 is 1.50 bits per heavy atom. The Labute approximate surface area is 120 Å². The minimum absolute atomic E-state index is 0.0489. The molecule has 2 amide bonds. The number of ether oxygens (including phenoxy) is 2. The van der Waals surface area contributed by atoms with E-state index in [9.17, 15) is 9.59 Å². The molecule has 2 fully saturated rings. The van der Waals surface area contributed by atoms with E-state index in [-0.39, 0.29) is 41.5 Å². The summed E-state index contributed by atoms with van der Waals surface area (Å²) in [5.74, 6) is -0.286. The Bertz CT molecular complexity index is 591. The topological polar surface area (TPSA) is 67.9 Å². The number of hydrogen-bond donors (Lipinski definition) is 1. The smallest absolute Gasteiger partial charge is 0.294 e. The number of fused-ring (bicyclic) bond motifs is 1. The van der Waals surface area contributed by atoms with Crippen molar-refractivity contribution in [3.05, 3.63) is 35.6 Å². The largest absolute Gasteiger partial charge is 0.426 e. The second-order valence-corrected chi connectivity index (χ2v) is 5.02. The molecule has 6 nitrogen and oxygen atoms in total. The van der Waals surface area contributed by atoms with Gasteiger partial charge in [-0.3, -0.25) is 14.9 Å². The van der Waals surface area contributed by atoms with Crippen molar-refractivity contribution in [2.24, 2.45) is 0 Å². The molecule has 7 heteroatoms. The zero-order valence-corrected chi connectivity index (χ0v) is 11.5. The number of likely N-dealkylation sites (N-methyl/N-ethyl adjacent to an activating group) is 1. The summed E-state index contributed by atoms with van der Waals surface area (Å²) in [4.78, 5) is 24.8. The van der Waals surface area contributed by atoms with Gasteiger partial charge in [0, 0.05) is 7.05 Å². The standard InChI is InChI=1S/C13H12N2O4S/c1-15-8-4-7(2-3-9(8)18-6-11(15)16)5-10-12(17)14-13(20)19-10/h2-5,8-9H,6H2,1H3,(H,14,17,20). The van der Waals surface area contributed by atoms with Gasteiger partial charge in [-0.05, 0) is 23.9 Å². The van der Waals surface area contributed by atoms with Crippen molar-refractivity contribution in [3.63, 3.8) is 0 Å². The zero-order chi connectivity index (χ0) is 14.3. The van der Waals surface area contributed by atoms with Crippen LogP contribution >= 0.6 is 12.2 Å². The summed E-state index contributed by atoms with van der Waals surface area (Å²) >= 11 is 4.76. The third kappa shape index (κ3) is 2.25. The molecule has 2 heterocycles. The van der Waals surface area contributed by atoms with Crippen LogP contribution in [-0.2, 0) is 19.1 Å². The van der Waals surface area contributed by atoms with E-state index in [2.05, 4.69) is 5.32 Å². The number of morpholine rings is 1. The SMILES string of the molecule is CN1C(=O)COC2C=CC(C=C3OC(=S)NC3=O)=CC21. The highest BCUT2D eigenvalue weighted by atomic mass is 32.1. The molecular weight excluding hydrogens is 280 g/mol. The van der Waals surface area contributed by atoms with E-state index in [0.717, 1.165) is 5.57 Å². The predicted molar refractivity (Wildman–Crippen MR) is 73.4 cm³/mol. The number of allylic oxidation sites excluding steroid dienone is 3. The first-order chi connectivity index (χ1) is 9.54. The summed E-state index contributed by atoms with van der Waals surface area (Å²) in [5.41, 5.74) is 0.770. The van der Waals surface area contributed by atoms with Crippen LogP contribution in [0.4, 0.5) is 0 Å². The molecule has 3 rings (SSSR count). The number of thiocarbonyl (C=S) groups is 1. The third-order valence-electron chi connectivity index (χ3n) is 3.36. The van der Waals surface area contributed by atoms with Crippen LogP contribution in [-0.4, -0.2) is 47.7 Å². The van der Waals surface area contributed by atoms with Crippen LogP contribution in [0.5, 0.6) is 0 Å². The quantitative estimate of drug-likeness (QED) is 0.545. The van der Waals surface area contributed by atoms with Crippen LogP contribution < -0.4 is 5.32 Å². The Balaban J connectivity index is 1.85. The summed E-state index contributed by atoms with van der Waals surface area (Å²) in [6, 6.07) is -0.176. The maximum absolute atomic E-state index is 11.6. The average Bonchev–Trinajstić information content (AvgIpc) is 2.73. The first-order valence-corrected chi connectivity index (χ1v) is 6.47. The lowest BCUT2D eigenvalue weighted by atomic mass is 9.97. The van der Waals surface area contributed by atoms with Crippen LogP contribution in [0.3, 0.4) is 0 Å². The van der Waals surface area contributed by atoms with Crippen molar-refractivity contribution in [1.82, 2.24) is 10.2 Å². The fourth-order valence-electron chi connectivity index (χ4n) is 2.26. The van der Waals surface area contributed by atoms with Gasteiger partial charge in [-0.25, -0.2) is 0 Å². The van der Waals surface area contributed by atoms with Gasteiger partial charge in [-0.2, -0.15) is 0 Å². The Hall–Kier alpha value is -1.99. The number of hydrogen-bond acceptors (Lipinski definition) is 5. The first-order valence-electron chi connectivity index (χ1n) is 6.07. The van der Waals surface area contributed by atoms with Crippen LogP contribution in [0.2, 0.25) is 0 Å².